The Labute approximate surface area is 194 Å². The molecule has 7 heteroatoms. The number of H-pyrrole nitrogens is 1. The van der Waals surface area contributed by atoms with Crippen LogP contribution in [0, 0.1) is 11.7 Å². The fraction of sp³-hybridized carbons (Fsp3) is 0.385. The van der Waals surface area contributed by atoms with Gasteiger partial charge in [-0.25, -0.2) is 4.39 Å². The zero-order valence-electron chi connectivity index (χ0n) is 19.1. The Kier molecular flexibility index (Phi) is 7.60. The highest BCUT2D eigenvalue weighted by Gasteiger charge is 2.29. The quantitative estimate of drug-likeness (QED) is 0.346. The van der Waals surface area contributed by atoms with Gasteiger partial charge in [0.1, 0.15) is 5.82 Å². The Morgan fingerprint density at radius 1 is 1.18 bits per heavy atom. The fourth-order valence-electron chi connectivity index (χ4n) is 4.34. The number of halogens is 1. The Hall–Kier alpha value is -3.35. The van der Waals surface area contributed by atoms with E-state index in [0.717, 1.165) is 54.9 Å². The molecular formula is C26H32FN5O. The molecule has 0 aliphatic carbocycles. The first kappa shape index (κ1) is 22.8. The van der Waals surface area contributed by atoms with Gasteiger partial charge < -0.3 is 20.5 Å². The first-order chi connectivity index (χ1) is 16.1. The summed E-state index contributed by atoms with van der Waals surface area (Å²) in [7, 11) is 0. The van der Waals surface area contributed by atoms with E-state index in [-0.39, 0.29) is 17.6 Å². The summed E-state index contributed by atoms with van der Waals surface area (Å²) in [6.45, 7) is 5.60. The molecule has 3 N–H and O–H groups in total. The van der Waals surface area contributed by atoms with Gasteiger partial charge in [-0.05, 0) is 49.1 Å². The van der Waals surface area contributed by atoms with Crippen LogP contribution < -0.4 is 10.6 Å². The molecule has 33 heavy (non-hydrogen) atoms. The van der Waals surface area contributed by atoms with E-state index in [4.69, 9.17) is 4.99 Å². The Morgan fingerprint density at radius 3 is 2.85 bits per heavy atom. The number of amides is 1. The molecule has 2 aromatic carbocycles. The molecule has 174 valence electrons. The second kappa shape index (κ2) is 11.0. The molecule has 1 amide bonds. The van der Waals surface area contributed by atoms with Crippen molar-refractivity contribution in [3.05, 3.63) is 71.7 Å². The number of nitrogens with zero attached hydrogens (tertiary/aromatic N) is 2. The molecule has 0 spiro atoms. The van der Waals surface area contributed by atoms with Crippen LogP contribution in [0.4, 0.5) is 4.39 Å². The van der Waals surface area contributed by atoms with Gasteiger partial charge in [0.05, 0.1) is 0 Å². The molecule has 0 radical (unpaired) electrons. The lowest BCUT2D eigenvalue weighted by atomic mass is 10.1. The monoisotopic (exact) mass is 449 g/mol. The third-order valence-electron chi connectivity index (χ3n) is 6.08. The van der Waals surface area contributed by atoms with Crippen molar-refractivity contribution in [3.63, 3.8) is 0 Å². The molecule has 6 nitrogen and oxygen atoms in total. The number of carbonyl (C=O) groups is 1. The van der Waals surface area contributed by atoms with Gasteiger partial charge in [0.25, 0.3) is 0 Å². The van der Waals surface area contributed by atoms with Gasteiger partial charge in [-0.15, -0.1) is 0 Å². The van der Waals surface area contributed by atoms with Crippen molar-refractivity contribution in [3.8, 4) is 0 Å². The number of aromatic amines is 1. The summed E-state index contributed by atoms with van der Waals surface area (Å²) < 4.78 is 13.6. The number of benzene rings is 2. The van der Waals surface area contributed by atoms with E-state index in [1.54, 1.807) is 12.1 Å². The van der Waals surface area contributed by atoms with Crippen LogP contribution in [-0.2, 0) is 17.6 Å². The molecular weight excluding hydrogens is 417 g/mol. The van der Waals surface area contributed by atoms with Crippen molar-refractivity contribution in [1.29, 1.82) is 0 Å². The van der Waals surface area contributed by atoms with Gasteiger partial charge in [0.15, 0.2) is 5.96 Å². The first-order valence-electron chi connectivity index (χ1n) is 11.7. The van der Waals surface area contributed by atoms with E-state index in [0.29, 0.717) is 19.5 Å². The van der Waals surface area contributed by atoms with E-state index >= 15 is 0 Å². The molecule has 0 saturated carbocycles. The van der Waals surface area contributed by atoms with Gasteiger partial charge >= 0.3 is 0 Å². The molecule has 1 aliphatic rings. The summed E-state index contributed by atoms with van der Waals surface area (Å²) in [5.74, 6) is 0.977. The minimum atomic E-state index is -0.227. The summed E-state index contributed by atoms with van der Waals surface area (Å²) in [6.07, 6.45) is 4.12. The maximum atomic E-state index is 13.6. The zero-order valence-corrected chi connectivity index (χ0v) is 19.1. The molecule has 1 fully saturated rings. The van der Waals surface area contributed by atoms with Crippen molar-refractivity contribution in [2.75, 3.05) is 32.7 Å². The largest absolute Gasteiger partial charge is 0.361 e. The van der Waals surface area contributed by atoms with Crippen LogP contribution in [0.5, 0.6) is 0 Å². The third kappa shape index (κ3) is 6.12. The normalized spacial score (nSPS) is 16.5. The number of fused-ring (bicyclic) bond motifs is 1. The topological polar surface area (TPSA) is 72.5 Å². The van der Waals surface area contributed by atoms with Gasteiger partial charge in [-0.2, -0.15) is 0 Å². The summed E-state index contributed by atoms with van der Waals surface area (Å²) in [4.78, 5) is 22.3. The highest BCUT2D eigenvalue weighted by atomic mass is 19.1. The van der Waals surface area contributed by atoms with Crippen LogP contribution >= 0.6 is 0 Å². The minimum Gasteiger partial charge on any atom is -0.361 e. The van der Waals surface area contributed by atoms with Crippen molar-refractivity contribution in [2.45, 2.75) is 26.2 Å². The molecule has 4 rings (SSSR count). The summed E-state index contributed by atoms with van der Waals surface area (Å²) in [5, 5.41) is 7.55. The summed E-state index contributed by atoms with van der Waals surface area (Å²) in [6, 6.07) is 15.1. The second-order valence-corrected chi connectivity index (χ2v) is 8.55. The van der Waals surface area contributed by atoms with Crippen molar-refractivity contribution in [2.24, 2.45) is 10.9 Å². The number of rotatable bonds is 9. The summed E-state index contributed by atoms with van der Waals surface area (Å²) >= 11 is 0. The third-order valence-corrected chi connectivity index (χ3v) is 6.08. The number of aliphatic imine (C=N–C) groups is 1. The van der Waals surface area contributed by atoms with E-state index in [9.17, 15) is 9.18 Å². The van der Waals surface area contributed by atoms with Crippen LogP contribution in [0.2, 0.25) is 0 Å². The highest BCUT2D eigenvalue weighted by Crippen LogP contribution is 2.20. The zero-order chi connectivity index (χ0) is 23.0. The van der Waals surface area contributed by atoms with Crippen molar-refractivity contribution in [1.82, 2.24) is 20.5 Å². The van der Waals surface area contributed by atoms with Crippen LogP contribution in [0.1, 0.15) is 24.5 Å². The average molecular weight is 450 g/mol. The Morgan fingerprint density at radius 2 is 2.03 bits per heavy atom. The van der Waals surface area contributed by atoms with E-state index in [1.165, 1.54) is 11.6 Å². The number of guanidine groups is 1. The highest BCUT2D eigenvalue weighted by molar-refractivity contribution is 5.83. The Bertz CT molecular complexity index is 1090. The van der Waals surface area contributed by atoms with Gasteiger partial charge in [-0.1, -0.05) is 30.3 Å². The van der Waals surface area contributed by atoms with Gasteiger partial charge in [-0.3, -0.25) is 9.79 Å². The molecule has 2 heterocycles. The lowest BCUT2D eigenvalue weighted by Gasteiger charge is -2.16. The number of likely N-dealkylation sites (tertiary alicyclic amines) is 1. The number of hydrogen-bond donors (Lipinski definition) is 3. The molecule has 1 saturated heterocycles. The lowest BCUT2D eigenvalue weighted by molar-refractivity contribution is -0.127. The minimum absolute atomic E-state index is 0.218. The first-order valence-corrected chi connectivity index (χ1v) is 11.7. The second-order valence-electron chi connectivity index (χ2n) is 8.55. The number of carbonyl (C=O) groups excluding carboxylic acids is 1. The standard InChI is InChI=1S/C26H32FN5O/c1-2-28-26(29-12-10-21-17-30-24-9-8-22(27)15-23(21)24)31-16-20-14-25(33)32(18-20)13-11-19-6-4-3-5-7-19/h3-9,15,17,20,30H,2,10-14,16,18H2,1H3,(H2,28,29,31). The van der Waals surface area contributed by atoms with Gasteiger partial charge in [0, 0.05) is 62.2 Å². The van der Waals surface area contributed by atoms with E-state index in [2.05, 4.69) is 27.8 Å². The number of hydrogen-bond acceptors (Lipinski definition) is 2. The molecule has 1 atom stereocenters. The van der Waals surface area contributed by atoms with Crippen LogP contribution in [0.3, 0.4) is 0 Å². The molecule has 1 aromatic heterocycles. The molecule has 1 unspecified atom stereocenters. The van der Waals surface area contributed by atoms with Crippen LogP contribution in [0.25, 0.3) is 10.9 Å². The van der Waals surface area contributed by atoms with Crippen molar-refractivity contribution < 1.29 is 9.18 Å². The van der Waals surface area contributed by atoms with E-state index < -0.39 is 0 Å². The predicted molar refractivity (Wildman–Crippen MR) is 131 cm³/mol. The van der Waals surface area contributed by atoms with E-state index in [1.807, 2.05) is 36.2 Å². The number of nitrogens with one attached hydrogen (secondary N) is 3. The number of aromatic nitrogens is 1. The van der Waals surface area contributed by atoms with Crippen LogP contribution in [0.15, 0.2) is 59.7 Å². The Balaban J connectivity index is 1.27. The average Bonchev–Trinajstić information content (AvgIpc) is 3.39. The van der Waals surface area contributed by atoms with Crippen molar-refractivity contribution >= 4 is 22.8 Å². The maximum Gasteiger partial charge on any atom is 0.223 e. The SMILES string of the molecule is CCNC(=NCC1CC(=O)N(CCc2ccccc2)C1)NCCc1c[nH]c2ccc(F)cc12. The smallest absolute Gasteiger partial charge is 0.223 e. The maximum absolute atomic E-state index is 13.6. The fourth-order valence-corrected chi connectivity index (χ4v) is 4.34. The molecule has 3 aromatic rings. The molecule has 1 aliphatic heterocycles. The summed E-state index contributed by atoms with van der Waals surface area (Å²) in [5.41, 5.74) is 3.27. The molecule has 0 bridgehead atoms. The van der Waals surface area contributed by atoms with Gasteiger partial charge in [0.2, 0.25) is 5.91 Å². The predicted octanol–water partition coefficient (Wildman–Crippen LogP) is 3.50. The van der Waals surface area contributed by atoms with Crippen LogP contribution in [-0.4, -0.2) is 54.5 Å². The lowest BCUT2D eigenvalue weighted by Crippen LogP contribution is -2.38.